The minimum absolute atomic E-state index is 0.765. The summed E-state index contributed by atoms with van der Waals surface area (Å²) in [6.07, 6.45) is 5.04. The van der Waals surface area contributed by atoms with Crippen LogP contribution in [0.5, 0.6) is 11.5 Å². The van der Waals surface area contributed by atoms with Gasteiger partial charge in [-0.2, -0.15) is 0 Å². The molecular formula is C28H20N2O2+2. The van der Waals surface area contributed by atoms with E-state index in [-0.39, 0.29) is 0 Å². The molecule has 0 unspecified atom stereocenters. The Bertz CT molecular complexity index is 1330. The molecule has 32 heavy (non-hydrogen) atoms. The van der Waals surface area contributed by atoms with E-state index in [1.807, 2.05) is 36.4 Å². The van der Waals surface area contributed by atoms with Crippen molar-refractivity contribution < 1.29 is 18.6 Å². The number of nitrogens with zero attached hydrogens (tertiary/aromatic N) is 2. The van der Waals surface area contributed by atoms with Crippen LogP contribution in [0.15, 0.2) is 97.1 Å². The zero-order valence-electron chi connectivity index (χ0n) is 17.3. The molecule has 4 aromatic rings. The summed E-state index contributed by atoms with van der Waals surface area (Å²) in [5.41, 5.74) is 6.37. The van der Waals surface area contributed by atoms with E-state index < -0.39 is 6.03 Å². The van der Waals surface area contributed by atoms with Crippen molar-refractivity contribution in [1.29, 1.82) is 0 Å². The first-order valence-corrected chi connectivity index (χ1v) is 10.8. The summed E-state index contributed by atoms with van der Waals surface area (Å²) in [4.78, 5) is 0. The molecule has 0 atom stereocenters. The van der Waals surface area contributed by atoms with Crippen LogP contribution in [0.3, 0.4) is 0 Å². The predicted octanol–water partition coefficient (Wildman–Crippen LogP) is 5.21. The molecule has 7 rings (SSSR count). The van der Waals surface area contributed by atoms with Gasteiger partial charge in [0.2, 0.25) is 11.4 Å². The number of ether oxygens (including phenoxy) is 2. The standard InChI is InChI=1S/C28H20N2O2/c1-3-13-24(14-4-1)29-18-22-11-7-9-20-17-21-10-8-12-23-19-30(25-15-5-2-6-16-25)28(29,31-26(20)22)32-27(21)23/h1-16,18-19H,17H2/q+2. The zero-order valence-corrected chi connectivity index (χ0v) is 17.3. The summed E-state index contributed by atoms with van der Waals surface area (Å²) in [7, 11) is 0. The lowest BCUT2D eigenvalue weighted by atomic mass is 9.97. The molecule has 0 aliphatic carbocycles. The normalized spacial score (nSPS) is 16.5. The number of rotatable bonds is 2. The fraction of sp³-hybridized carbons (Fsp3) is 0.0714. The summed E-state index contributed by atoms with van der Waals surface area (Å²) in [5.74, 6) is 1.74. The van der Waals surface area contributed by atoms with Gasteiger partial charge in [-0.3, -0.25) is 0 Å². The van der Waals surface area contributed by atoms with Crippen LogP contribution in [0.1, 0.15) is 22.3 Å². The Morgan fingerprint density at radius 3 is 1.47 bits per heavy atom. The van der Waals surface area contributed by atoms with E-state index in [0.29, 0.717) is 0 Å². The Kier molecular flexibility index (Phi) is 3.50. The quantitative estimate of drug-likeness (QED) is 0.419. The summed E-state index contributed by atoms with van der Waals surface area (Å²) in [5, 5.41) is 0. The fourth-order valence-corrected chi connectivity index (χ4v) is 4.84. The number of para-hydroxylation sites is 4. The zero-order chi connectivity index (χ0) is 21.1. The van der Waals surface area contributed by atoms with Crippen molar-refractivity contribution in [2.75, 3.05) is 0 Å². The first-order chi connectivity index (χ1) is 15.8. The Hall–Kier alpha value is -4.18. The van der Waals surface area contributed by atoms with Crippen molar-refractivity contribution in [3.8, 4) is 11.5 Å². The van der Waals surface area contributed by atoms with Crippen LogP contribution in [-0.4, -0.2) is 27.6 Å². The Labute approximate surface area is 185 Å². The fourth-order valence-electron chi connectivity index (χ4n) is 4.84. The average molecular weight is 416 g/mol. The highest BCUT2D eigenvalue weighted by molar-refractivity contribution is 5.85. The van der Waals surface area contributed by atoms with Crippen LogP contribution < -0.4 is 9.47 Å². The smallest absolute Gasteiger partial charge is 0.340 e. The van der Waals surface area contributed by atoms with Crippen molar-refractivity contribution in [3.05, 3.63) is 119 Å². The maximum absolute atomic E-state index is 6.89. The van der Waals surface area contributed by atoms with Crippen LogP contribution in [0.2, 0.25) is 0 Å². The molecule has 152 valence electrons. The monoisotopic (exact) mass is 416 g/mol. The van der Waals surface area contributed by atoms with E-state index in [2.05, 4.69) is 82.2 Å². The van der Waals surface area contributed by atoms with E-state index >= 15 is 0 Å². The number of benzene rings is 4. The van der Waals surface area contributed by atoms with Crippen molar-refractivity contribution >= 4 is 23.8 Å². The minimum Gasteiger partial charge on any atom is -0.340 e. The summed E-state index contributed by atoms with van der Waals surface area (Å²) < 4.78 is 18.0. The van der Waals surface area contributed by atoms with Crippen molar-refractivity contribution in [3.63, 3.8) is 0 Å². The third kappa shape index (κ3) is 2.38. The lowest BCUT2D eigenvalue weighted by molar-refractivity contribution is -0.855. The molecule has 0 aromatic heterocycles. The first-order valence-electron chi connectivity index (χ1n) is 10.8. The molecule has 0 saturated carbocycles. The second kappa shape index (κ2) is 6.41. The molecule has 3 aliphatic rings. The van der Waals surface area contributed by atoms with Crippen LogP contribution in [0, 0.1) is 0 Å². The van der Waals surface area contributed by atoms with E-state index in [4.69, 9.17) is 9.47 Å². The second-order valence-corrected chi connectivity index (χ2v) is 8.27. The Balaban J connectivity index is 1.62. The number of hydrogen-bond donors (Lipinski definition) is 0. The van der Waals surface area contributed by atoms with Gasteiger partial charge < -0.3 is 9.47 Å². The van der Waals surface area contributed by atoms with Crippen LogP contribution >= 0.6 is 0 Å². The summed E-state index contributed by atoms with van der Waals surface area (Å²) in [6.45, 7) is 0. The van der Waals surface area contributed by atoms with Gasteiger partial charge in [-0.15, -0.1) is 0 Å². The van der Waals surface area contributed by atoms with Gasteiger partial charge in [-0.1, -0.05) is 69.8 Å². The van der Waals surface area contributed by atoms with Gasteiger partial charge in [0, 0.05) is 41.8 Å². The topological polar surface area (TPSA) is 24.5 Å². The molecule has 0 N–H and O–H groups in total. The average Bonchev–Trinajstić information content (AvgIpc) is 2.84. The van der Waals surface area contributed by atoms with Gasteiger partial charge in [-0.25, -0.2) is 0 Å². The van der Waals surface area contributed by atoms with Gasteiger partial charge in [0.1, 0.15) is 0 Å². The lowest BCUT2D eigenvalue weighted by Gasteiger charge is -2.34. The third-order valence-electron chi connectivity index (χ3n) is 6.32. The van der Waals surface area contributed by atoms with E-state index in [9.17, 15) is 0 Å². The molecule has 0 fully saturated rings. The molecule has 4 heteroatoms. The van der Waals surface area contributed by atoms with Crippen molar-refractivity contribution in [2.24, 2.45) is 0 Å². The van der Waals surface area contributed by atoms with E-state index in [0.717, 1.165) is 51.5 Å². The van der Waals surface area contributed by atoms with Gasteiger partial charge >= 0.3 is 6.03 Å². The minimum atomic E-state index is -1.23. The largest absolute Gasteiger partial charge is 0.714 e. The molecule has 0 radical (unpaired) electrons. The van der Waals surface area contributed by atoms with Gasteiger partial charge in [0.05, 0.1) is 11.1 Å². The van der Waals surface area contributed by atoms with Crippen molar-refractivity contribution in [1.82, 2.24) is 0 Å². The van der Waals surface area contributed by atoms with Crippen LogP contribution in [-0.2, 0) is 6.42 Å². The highest BCUT2D eigenvalue weighted by Crippen LogP contribution is 2.45. The molecule has 3 heterocycles. The maximum atomic E-state index is 6.89. The Morgan fingerprint density at radius 1 is 0.531 bits per heavy atom. The van der Waals surface area contributed by atoms with Crippen LogP contribution in [0.25, 0.3) is 0 Å². The van der Waals surface area contributed by atoms with E-state index in [1.165, 1.54) is 0 Å². The molecule has 3 bridgehead atoms. The van der Waals surface area contributed by atoms with Crippen LogP contribution in [0.4, 0.5) is 11.4 Å². The molecule has 4 aromatic carbocycles. The number of hydrogen-bond acceptors (Lipinski definition) is 2. The SMILES string of the molecule is C1=[N+](c2ccccc2)C23Oc4c1cccc4Cc1cccc(c1O2)C=[N+]3c1ccccc1. The van der Waals surface area contributed by atoms with Gasteiger partial charge in [0.25, 0.3) is 0 Å². The predicted molar refractivity (Wildman–Crippen MR) is 123 cm³/mol. The summed E-state index contributed by atoms with van der Waals surface area (Å²) in [6, 6.07) is 32.0. The highest BCUT2D eigenvalue weighted by Gasteiger charge is 2.67. The molecule has 3 aliphatic heterocycles. The van der Waals surface area contributed by atoms with Gasteiger partial charge in [-0.05, 0) is 12.1 Å². The maximum Gasteiger partial charge on any atom is 0.714 e. The molecule has 4 nitrogen and oxygen atoms in total. The molecule has 1 spiro atoms. The first kappa shape index (κ1) is 17.5. The lowest BCUT2D eigenvalue weighted by Crippen LogP contribution is -2.62. The Morgan fingerprint density at radius 2 is 1.00 bits per heavy atom. The van der Waals surface area contributed by atoms with E-state index in [1.54, 1.807) is 0 Å². The molecule has 0 amide bonds. The highest BCUT2D eigenvalue weighted by atomic mass is 16.7. The third-order valence-corrected chi connectivity index (χ3v) is 6.32. The van der Waals surface area contributed by atoms with Gasteiger partial charge in [0.15, 0.2) is 23.9 Å². The van der Waals surface area contributed by atoms with Crippen molar-refractivity contribution in [2.45, 2.75) is 12.5 Å². The molecule has 0 saturated heterocycles. The second-order valence-electron chi connectivity index (χ2n) is 8.27. The molecular weight excluding hydrogens is 396 g/mol. The summed E-state index contributed by atoms with van der Waals surface area (Å²) >= 11 is 0.